The Bertz CT molecular complexity index is 597. The fourth-order valence-corrected chi connectivity index (χ4v) is 2.73. The SMILES string of the molecule is O=C(NCCNC(=O)c1cccc(C(=O)O)c1)NC1CCCCC1. The van der Waals surface area contributed by atoms with Crippen LogP contribution in [0.4, 0.5) is 4.79 Å². The summed E-state index contributed by atoms with van der Waals surface area (Å²) in [6.45, 7) is 0.580. The maximum Gasteiger partial charge on any atom is 0.335 e. The van der Waals surface area contributed by atoms with Crippen LogP contribution in [0.3, 0.4) is 0 Å². The lowest BCUT2D eigenvalue weighted by Crippen LogP contribution is -2.45. The highest BCUT2D eigenvalue weighted by Crippen LogP contribution is 2.17. The Morgan fingerprint density at radius 2 is 1.67 bits per heavy atom. The van der Waals surface area contributed by atoms with E-state index in [9.17, 15) is 14.4 Å². The molecule has 0 saturated heterocycles. The number of carbonyl (C=O) groups excluding carboxylic acids is 2. The van der Waals surface area contributed by atoms with Crippen LogP contribution in [0.15, 0.2) is 24.3 Å². The van der Waals surface area contributed by atoms with Gasteiger partial charge in [0.05, 0.1) is 5.56 Å². The third-order valence-corrected chi connectivity index (χ3v) is 4.01. The van der Waals surface area contributed by atoms with Crippen molar-refractivity contribution in [1.29, 1.82) is 0 Å². The van der Waals surface area contributed by atoms with Gasteiger partial charge in [0.15, 0.2) is 0 Å². The molecule has 1 aromatic carbocycles. The average Bonchev–Trinajstić information content (AvgIpc) is 2.59. The van der Waals surface area contributed by atoms with Crippen molar-refractivity contribution in [2.45, 2.75) is 38.1 Å². The summed E-state index contributed by atoms with van der Waals surface area (Å²) in [6.07, 6.45) is 5.57. The lowest BCUT2D eigenvalue weighted by molar-refractivity contribution is 0.0697. The van der Waals surface area contributed by atoms with Crippen LogP contribution in [0.2, 0.25) is 0 Å². The Labute approximate surface area is 140 Å². The fraction of sp³-hybridized carbons (Fsp3) is 0.471. The van der Waals surface area contributed by atoms with Crippen LogP contribution in [-0.2, 0) is 0 Å². The largest absolute Gasteiger partial charge is 0.478 e. The number of carboxylic acid groups (broad SMARTS) is 1. The summed E-state index contributed by atoms with van der Waals surface area (Å²) < 4.78 is 0. The molecule has 1 saturated carbocycles. The van der Waals surface area contributed by atoms with Crippen LogP contribution in [0.1, 0.15) is 52.8 Å². The number of carboxylic acids is 1. The van der Waals surface area contributed by atoms with Gasteiger partial charge in [0.25, 0.3) is 5.91 Å². The first-order chi connectivity index (χ1) is 11.6. The van der Waals surface area contributed by atoms with E-state index in [-0.39, 0.29) is 35.7 Å². The van der Waals surface area contributed by atoms with Gasteiger partial charge in [0.2, 0.25) is 0 Å². The van der Waals surface area contributed by atoms with Crippen molar-refractivity contribution in [1.82, 2.24) is 16.0 Å². The van der Waals surface area contributed by atoms with E-state index in [1.54, 1.807) is 6.07 Å². The van der Waals surface area contributed by atoms with E-state index in [1.165, 1.54) is 24.6 Å². The van der Waals surface area contributed by atoms with E-state index in [0.717, 1.165) is 25.7 Å². The Kier molecular flexibility index (Phi) is 6.60. The molecule has 130 valence electrons. The number of aromatic carboxylic acids is 1. The normalized spacial score (nSPS) is 14.7. The molecule has 7 nitrogen and oxygen atoms in total. The molecule has 0 heterocycles. The van der Waals surface area contributed by atoms with E-state index in [4.69, 9.17) is 5.11 Å². The van der Waals surface area contributed by atoms with Crippen molar-refractivity contribution >= 4 is 17.9 Å². The average molecular weight is 333 g/mol. The summed E-state index contributed by atoms with van der Waals surface area (Å²) >= 11 is 0. The van der Waals surface area contributed by atoms with E-state index >= 15 is 0 Å². The molecular formula is C17H23N3O4. The molecule has 0 aliphatic heterocycles. The number of rotatable bonds is 6. The van der Waals surface area contributed by atoms with Gasteiger partial charge in [0, 0.05) is 24.7 Å². The Hall–Kier alpha value is -2.57. The number of urea groups is 1. The van der Waals surface area contributed by atoms with Gasteiger partial charge in [-0.1, -0.05) is 25.3 Å². The molecule has 0 spiro atoms. The smallest absolute Gasteiger partial charge is 0.335 e. The first-order valence-corrected chi connectivity index (χ1v) is 8.22. The van der Waals surface area contributed by atoms with Gasteiger partial charge in [-0.15, -0.1) is 0 Å². The monoisotopic (exact) mass is 333 g/mol. The minimum Gasteiger partial charge on any atom is -0.478 e. The van der Waals surface area contributed by atoms with Crippen LogP contribution in [0.5, 0.6) is 0 Å². The number of carbonyl (C=O) groups is 3. The first kappa shape index (κ1) is 17.8. The molecule has 0 radical (unpaired) electrons. The highest BCUT2D eigenvalue weighted by molar-refractivity contribution is 5.97. The van der Waals surface area contributed by atoms with Gasteiger partial charge < -0.3 is 21.1 Å². The second-order valence-corrected chi connectivity index (χ2v) is 5.88. The Morgan fingerprint density at radius 1 is 1.00 bits per heavy atom. The van der Waals surface area contributed by atoms with Crippen molar-refractivity contribution in [2.75, 3.05) is 13.1 Å². The fourth-order valence-electron chi connectivity index (χ4n) is 2.73. The summed E-state index contributed by atoms with van der Waals surface area (Å²) in [7, 11) is 0. The number of nitrogens with one attached hydrogen (secondary N) is 3. The molecule has 1 aliphatic carbocycles. The molecule has 0 atom stereocenters. The van der Waals surface area contributed by atoms with Gasteiger partial charge in [-0.3, -0.25) is 4.79 Å². The number of amides is 3. The Balaban J connectivity index is 1.68. The second kappa shape index (κ2) is 8.90. The van der Waals surface area contributed by atoms with Crippen molar-refractivity contribution in [3.63, 3.8) is 0 Å². The van der Waals surface area contributed by atoms with Crippen molar-refractivity contribution in [2.24, 2.45) is 0 Å². The minimum atomic E-state index is -1.08. The van der Waals surface area contributed by atoms with Crippen LogP contribution in [0.25, 0.3) is 0 Å². The highest BCUT2D eigenvalue weighted by atomic mass is 16.4. The van der Waals surface area contributed by atoms with E-state index in [1.807, 2.05) is 0 Å². The van der Waals surface area contributed by atoms with Gasteiger partial charge in [-0.05, 0) is 31.0 Å². The lowest BCUT2D eigenvalue weighted by Gasteiger charge is -2.22. The zero-order chi connectivity index (χ0) is 17.4. The maximum absolute atomic E-state index is 11.9. The summed E-state index contributed by atoms with van der Waals surface area (Å²) in [5, 5.41) is 17.2. The van der Waals surface area contributed by atoms with Crippen LogP contribution >= 0.6 is 0 Å². The molecule has 0 aromatic heterocycles. The molecule has 1 aromatic rings. The molecule has 3 amide bonds. The lowest BCUT2D eigenvalue weighted by atomic mass is 9.96. The second-order valence-electron chi connectivity index (χ2n) is 5.88. The number of hydrogen-bond acceptors (Lipinski definition) is 3. The summed E-state index contributed by atoms with van der Waals surface area (Å²) in [6, 6.07) is 5.84. The predicted octanol–water partition coefficient (Wildman–Crippen LogP) is 1.75. The number of benzene rings is 1. The third-order valence-electron chi connectivity index (χ3n) is 4.01. The Morgan fingerprint density at radius 3 is 2.38 bits per heavy atom. The highest BCUT2D eigenvalue weighted by Gasteiger charge is 2.15. The van der Waals surface area contributed by atoms with Crippen LogP contribution in [-0.4, -0.2) is 42.1 Å². The van der Waals surface area contributed by atoms with Crippen molar-refractivity contribution in [3.8, 4) is 0 Å². The van der Waals surface area contributed by atoms with E-state index < -0.39 is 5.97 Å². The molecule has 0 unspecified atom stereocenters. The quantitative estimate of drug-likeness (QED) is 0.595. The zero-order valence-electron chi connectivity index (χ0n) is 13.5. The number of hydrogen-bond donors (Lipinski definition) is 4. The molecule has 24 heavy (non-hydrogen) atoms. The molecule has 0 bridgehead atoms. The van der Waals surface area contributed by atoms with E-state index in [2.05, 4.69) is 16.0 Å². The van der Waals surface area contributed by atoms with Crippen LogP contribution < -0.4 is 16.0 Å². The van der Waals surface area contributed by atoms with Gasteiger partial charge in [-0.25, -0.2) is 9.59 Å². The standard InChI is InChI=1S/C17H23N3O4/c21-15(12-5-4-6-13(11-12)16(22)23)18-9-10-19-17(24)20-14-7-2-1-3-8-14/h4-6,11,14H,1-3,7-10H2,(H,18,21)(H,22,23)(H2,19,20,24). The van der Waals surface area contributed by atoms with Crippen molar-refractivity contribution < 1.29 is 19.5 Å². The first-order valence-electron chi connectivity index (χ1n) is 8.22. The van der Waals surface area contributed by atoms with Crippen LogP contribution in [0, 0.1) is 0 Å². The van der Waals surface area contributed by atoms with Gasteiger partial charge in [0.1, 0.15) is 0 Å². The van der Waals surface area contributed by atoms with Gasteiger partial charge >= 0.3 is 12.0 Å². The zero-order valence-corrected chi connectivity index (χ0v) is 13.5. The summed E-state index contributed by atoms with van der Waals surface area (Å²) in [5.41, 5.74) is 0.342. The summed E-state index contributed by atoms with van der Waals surface area (Å²) in [5.74, 6) is -1.45. The van der Waals surface area contributed by atoms with E-state index in [0.29, 0.717) is 6.54 Å². The molecule has 1 fully saturated rings. The molecule has 7 heteroatoms. The predicted molar refractivity (Wildman–Crippen MR) is 89.1 cm³/mol. The molecule has 4 N–H and O–H groups in total. The minimum absolute atomic E-state index is 0.0626. The molecule has 2 rings (SSSR count). The van der Waals surface area contributed by atoms with Gasteiger partial charge in [-0.2, -0.15) is 0 Å². The third kappa shape index (κ3) is 5.57. The summed E-state index contributed by atoms with van der Waals surface area (Å²) in [4.78, 5) is 34.6. The topological polar surface area (TPSA) is 108 Å². The molecular weight excluding hydrogens is 310 g/mol. The molecule has 1 aliphatic rings. The maximum atomic E-state index is 11.9. The van der Waals surface area contributed by atoms with Crippen molar-refractivity contribution in [3.05, 3.63) is 35.4 Å².